The lowest BCUT2D eigenvalue weighted by molar-refractivity contribution is 0.0501. The van der Waals surface area contributed by atoms with Gasteiger partial charge in [0.2, 0.25) is 0 Å². The summed E-state index contributed by atoms with van der Waals surface area (Å²) in [6.07, 6.45) is 2.78. The molecule has 0 amide bonds. The highest BCUT2D eigenvalue weighted by Gasteiger charge is 2.44. The molecule has 0 radical (unpaired) electrons. The van der Waals surface area contributed by atoms with E-state index >= 15 is 0 Å². The molecule has 13 heteroatoms. The van der Waals surface area contributed by atoms with Gasteiger partial charge in [0.25, 0.3) is 0 Å². The number of hydrogen-bond acceptors (Lipinski definition) is 8. The van der Waals surface area contributed by atoms with Crippen LogP contribution in [0.3, 0.4) is 0 Å². The van der Waals surface area contributed by atoms with Gasteiger partial charge in [0, 0.05) is 41.6 Å². The first-order chi connectivity index (χ1) is 16.6. The van der Waals surface area contributed by atoms with Crippen LogP contribution in [0, 0.1) is 5.92 Å². The molecule has 10 nitrogen and oxygen atoms in total. The van der Waals surface area contributed by atoms with Crippen LogP contribution in [0.2, 0.25) is 5.02 Å². The molecule has 0 aliphatic heterocycles. The zero-order valence-electron chi connectivity index (χ0n) is 18.3. The average molecular weight is 524 g/mol. The molecule has 35 heavy (non-hydrogen) atoms. The molecule has 0 saturated heterocycles. The third-order valence-electron chi connectivity index (χ3n) is 5.74. The van der Waals surface area contributed by atoms with Crippen molar-refractivity contribution in [2.75, 3.05) is 11.9 Å². The van der Waals surface area contributed by atoms with E-state index in [-0.39, 0.29) is 23.6 Å². The SMILES string of the molecule is NS(=O)(=O)OCC1CC(Nc2ncncc2C(=O)c2ccn(Cc3cccc(Cl)c3)c2)C(F)C1O. The van der Waals surface area contributed by atoms with Gasteiger partial charge in [-0.15, -0.1) is 0 Å². The minimum atomic E-state index is -4.23. The number of carbonyl (C=O) groups excluding carboxylic acids is 1. The number of nitrogens with one attached hydrogen (secondary N) is 1. The number of nitrogens with zero attached hydrogens (tertiary/aromatic N) is 3. The van der Waals surface area contributed by atoms with Crippen LogP contribution in [0.1, 0.15) is 27.9 Å². The fraction of sp³-hybridized carbons (Fsp3) is 0.318. The number of benzene rings is 1. The monoisotopic (exact) mass is 523 g/mol. The Labute approximate surface area is 206 Å². The first kappa shape index (κ1) is 25.2. The lowest BCUT2D eigenvalue weighted by atomic mass is 10.1. The quantitative estimate of drug-likeness (QED) is 0.360. The summed E-state index contributed by atoms with van der Waals surface area (Å²) in [6.45, 7) is 0.0456. The van der Waals surface area contributed by atoms with E-state index in [4.69, 9.17) is 16.7 Å². The number of halogens is 2. The Morgan fingerprint density at radius 3 is 2.91 bits per heavy atom. The Kier molecular flexibility index (Phi) is 7.47. The average Bonchev–Trinajstić information content (AvgIpc) is 3.37. The van der Waals surface area contributed by atoms with Crippen molar-refractivity contribution in [3.63, 3.8) is 0 Å². The molecule has 1 aliphatic rings. The summed E-state index contributed by atoms with van der Waals surface area (Å²) in [6, 6.07) is 8.09. The second kappa shape index (κ2) is 10.4. The van der Waals surface area contributed by atoms with Crippen LogP contribution in [-0.4, -0.2) is 58.8 Å². The van der Waals surface area contributed by atoms with E-state index in [1.807, 2.05) is 22.8 Å². The number of nitrogens with two attached hydrogens (primary N) is 1. The van der Waals surface area contributed by atoms with Gasteiger partial charge in [0.15, 0.2) is 5.78 Å². The van der Waals surface area contributed by atoms with Gasteiger partial charge in [-0.05, 0) is 30.2 Å². The third-order valence-corrected chi connectivity index (χ3v) is 6.44. The molecule has 4 N–H and O–H groups in total. The minimum Gasteiger partial charge on any atom is -0.390 e. The summed E-state index contributed by atoms with van der Waals surface area (Å²) in [7, 11) is -4.23. The normalized spacial score (nSPS) is 22.3. The highest BCUT2D eigenvalue weighted by molar-refractivity contribution is 7.84. The number of aromatic nitrogens is 3. The van der Waals surface area contributed by atoms with Crippen molar-refractivity contribution in [2.24, 2.45) is 11.1 Å². The molecule has 1 aliphatic carbocycles. The molecule has 1 saturated carbocycles. The van der Waals surface area contributed by atoms with Gasteiger partial charge >= 0.3 is 10.3 Å². The largest absolute Gasteiger partial charge is 0.390 e. The van der Waals surface area contributed by atoms with Crippen LogP contribution in [0.15, 0.2) is 55.2 Å². The lowest BCUT2D eigenvalue weighted by Gasteiger charge is -2.18. The maximum Gasteiger partial charge on any atom is 0.333 e. The number of aliphatic hydroxyl groups is 1. The van der Waals surface area contributed by atoms with Crippen molar-refractivity contribution in [1.29, 1.82) is 0 Å². The zero-order valence-corrected chi connectivity index (χ0v) is 19.9. The van der Waals surface area contributed by atoms with Crippen molar-refractivity contribution in [2.45, 2.75) is 31.3 Å². The van der Waals surface area contributed by atoms with E-state index < -0.39 is 41.1 Å². The molecule has 4 rings (SSSR count). The van der Waals surface area contributed by atoms with E-state index in [2.05, 4.69) is 19.5 Å². The predicted octanol–water partition coefficient (Wildman–Crippen LogP) is 1.93. The highest BCUT2D eigenvalue weighted by atomic mass is 35.5. The van der Waals surface area contributed by atoms with Gasteiger partial charge in [0.1, 0.15) is 18.3 Å². The summed E-state index contributed by atoms with van der Waals surface area (Å²) in [5, 5.41) is 18.4. The van der Waals surface area contributed by atoms with E-state index in [1.54, 1.807) is 24.5 Å². The molecule has 4 unspecified atom stereocenters. The molecule has 0 spiro atoms. The molecular formula is C22H23ClFN5O5S. The van der Waals surface area contributed by atoms with Gasteiger partial charge in [-0.2, -0.15) is 8.42 Å². The maximum absolute atomic E-state index is 14.7. The molecular weight excluding hydrogens is 501 g/mol. The van der Waals surface area contributed by atoms with Crippen molar-refractivity contribution in [3.8, 4) is 0 Å². The van der Waals surface area contributed by atoms with Crippen molar-refractivity contribution in [1.82, 2.24) is 14.5 Å². The zero-order chi connectivity index (χ0) is 25.2. The number of hydrogen-bond donors (Lipinski definition) is 3. The van der Waals surface area contributed by atoms with E-state index in [0.29, 0.717) is 17.1 Å². The van der Waals surface area contributed by atoms with E-state index in [1.165, 1.54) is 12.5 Å². The van der Waals surface area contributed by atoms with Crippen LogP contribution >= 0.6 is 11.6 Å². The molecule has 1 aromatic carbocycles. The maximum atomic E-state index is 14.7. The molecule has 1 fully saturated rings. The molecule has 3 aromatic rings. The molecule has 186 valence electrons. The fourth-order valence-electron chi connectivity index (χ4n) is 4.04. The smallest absolute Gasteiger partial charge is 0.333 e. The standard InChI is InChI=1S/C22H23ClFN5O5S/c23-16-3-1-2-13(6-16)9-29-5-4-14(10-29)20(30)17-8-26-12-27-22(17)28-18-7-15(21(31)19(18)24)11-34-35(25,32)33/h1-6,8,10,12,15,18-19,21,31H,7,9,11H2,(H2,25,32,33)(H,26,27,28). The van der Waals surface area contributed by atoms with Crippen LogP contribution in [0.5, 0.6) is 0 Å². The Hall–Kier alpha value is -2.90. The summed E-state index contributed by atoms with van der Waals surface area (Å²) < 4.78 is 43.1. The van der Waals surface area contributed by atoms with Crippen molar-refractivity contribution >= 4 is 33.5 Å². The first-order valence-electron chi connectivity index (χ1n) is 10.6. The van der Waals surface area contributed by atoms with E-state index in [0.717, 1.165) is 5.56 Å². The van der Waals surface area contributed by atoms with Gasteiger partial charge in [-0.25, -0.2) is 19.5 Å². The Morgan fingerprint density at radius 1 is 1.37 bits per heavy atom. The highest BCUT2D eigenvalue weighted by Crippen LogP contribution is 2.32. The number of ketones is 1. The third kappa shape index (κ3) is 6.21. The van der Waals surface area contributed by atoms with Gasteiger partial charge in [0.05, 0.1) is 24.3 Å². The molecule has 4 atom stereocenters. The van der Waals surface area contributed by atoms with Crippen molar-refractivity contribution in [3.05, 3.63) is 77.0 Å². The number of alkyl halides is 1. The second-order valence-electron chi connectivity index (χ2n) is 8.28. The molecule has 2 heterocycles. The lowest BCUT2D eigenvalue weighted by Crippen LogP contribution is -2.33. The minimum absolute atomic E-state index is 0.0332. The van der Waals surface area contributed by atoms with Gasteiger partial charge in [-0.1, -0.05) is 23.7 Å². The molecule has 0 bridgehead atoms. The second-order valence-corrected chi connectivity index (χ2v) is 9.93. The number of rotatable bonds is 9. The number of aliphatic hydroxyl groups excluding tert-OH is 1. The van der Waals surface area contributed by atoms with Crippen LogP contribution in [0.4, 0.5) is 10.2 Å². The summed E-state index contributed by atoms with van der Waals surface area (Å²) >= 11 is 6.03. The Bertz CT molecular complexity index is 1320. The summed E-state index contributed by atoms with van der Waals surface area (Å²) in [5.41, 5.74) is 1.47. The summed E-state index contributed by atoms with van der Waals surface area (Å²) in [4.78, 5) is 21.2. The number of carbonyl (C=O) groups is 1. The predicted molar refractivity (Wildman–Crippen MR) is 126 cm³/mol. The topological polar surface area (TPSA) is 149 Å². The van der Waals surface area contributed by atoms with Crippen LogP contribution in [-0.2, 0) is 21.0 Å². The Morgan fingerprint density at radius 2 is 2.17 bits per heavy atom. The van der Waals surface area contributed by atoms with Crippen LogP contribution in [0.25, 0.3) is 0 Å². The number of anilines is 1. The van der Waals surface area contributed by atoms with Crippen LogP contribution < -0.4 is 10.5 Å². The Balaban J connectivity index is 1.47. The fourth-order valence-corrected chi connectivity index (χ4v) is 4.62. The van der Waals surface area contributed by atoms with Gasteiger partial charge < -0.3 is 15.0 Å². The molecule has 2 aromatic heterocycles. The first-order valence-corrected chi connectivity index (χ1v) is 12.5. The van der Waals surface area contributed by atoms with Gasteiger partial charge in [-0.3, -0.25) is 8.98 Å². The summed E-state index contributed by atoms with van der Waals surface area (Å²) in [5.74, 6) is -1.09. The van der Waals surface area contributed by atoms with E-state index in [9.17, 15) is 22.7 Å². The van der Waals surface area contributed by atoms with Crippen molar-refractivity contribution < 1.29 is 26.9 Å².